The van der Waals surface area contributed by atoms with Gasteiger partial charge < -0.3 is 10.1 Å². The molecule has 0 amide bonds. The van der Waals surface area contributed by atoms with Crippen LogP contribution in [0.3, 0.4) is 0 Å². The van der Waals surface area contributed by atoms with Crippen molar-refractivity contribution in [1.82, 2.24) is 24.5 Å². The first kappa shape index (κ1) is 13.5. The quantitative estimate of drug-likeness (QED) is 0.751. The summed E-state index contributed by atoms with van der Waals surface area (Å²) >= 11 is 1.63. The van der Waals surface area contributed by atoms with Crippen molar-refractivity contribution in [2.75, 3.05) is 11.9 Å². The van der Waals surface area contributed by atoms with E-state index in [0.29, 0.717) is 18.5 Å². The molecule has 0 atom stereocenters. The number of hydrogen-bond donors (Lipinski definition) is 1. The summed E-state index contributed by atoms with van der Waals surface area (Å²) in [7, 11) is 0. The second-order valence-corrected chi connectivity index (χ2v) is 5.14. The van der Waals surface area contributed by atoms with Crippen LogP contribution in [0.25, 0.3) is 5.95 Å². The van der Waals surface area contributed by atoms with E-state index in [9.17, 15) is 0 Å². The van der Waals surface area contributed by atoms with Crippen molar-refractivity contribution in [3.8, 4) is 12.0 Å². The van der Waals surface area contributed by atoms with Crippen LogP contribution in [-0.2, 0) is 6.61 Å². The molecule has 0 radical (unpaired) electrons. The van der Waals surface area contributed by atoms with E-state index in [-0.39, 0.29) is 6.01 Å². The number of thiophene rings is 1. The van der Waals surface area contributed by atoms with Gasteiger partial charge in [-0.3, -0.25) is 4.57 Å². The highest BCUT2D eigenvalue weighted by Crippen LogP contribution is 2.14. The van der Waals surface area contributed by atoms with Crippen molar-refractivity contribution in [1.29, 1.82) is 0 Å². The van der Waals surface area contributed by atoms with Crippen LogP contribution in [0.5, 0.6) is 6.01 Å². The monoisotopic (exact) mass is 302 g/mol. The van der Waals surface area contributed by atoms with Crippen molar-refractivity contribution >= 4 is 17.3 Å². The molecule has 3 aromatic rings. The van der Waals surface area contributed by atoms with Crippen molar-refractivity contribution in [2.45, 2.75) is 13.5 Å². The summed E-state index contributed by atoms with van der Waals surface area (Å²) in [6.07, 6.45) is 5.07. The van der Waals surface area contributed by atoms with Crippen LogP contribution in [0.15, 0.2) is 36.2 Å². The van der Waals surface area contributed by atoms with E-state index in [4.69, 9.17) is 4.74 Å². The van der Waals surface area contributed by atoms with Gasteiger partial charge in [0, 0.05) is 23.8 Å². The van der Waals surface area contributed by atoms with Gasteiger partial charge in [0.15, 0.2) is 0 Å². The van der Waals surface area contributed by atoms with E-state index in [2.05, 4.69) is 25.3 Å². The molecule has 7 nitrogen and oxygen atoms in total. The highest BCUT2D eigenvalue weighted by atomic mass is 32.1. The molecule has 0 bridgehead atoms. The summed E-state index contributed by atoms with van der Waals surface area (Å²) < 4.78 is 7.36. The standard InChI is InChI=1S/C13H14N6OS/c1-2-15-11-16-12(19-6-5-14-9-19)18-13(17-11)20-8-10-4-3-7-21-10/h3-7,9H,2,8H2,1H3,(H,15,16,17,18). The molecule has 0 aliphatic carbocycles. The zero-order chi connectivity index (χ0) is 14.5. The normalized spacial score (nSPS) is 10.5. The SMILES string of the molecule is CCNc1nc(OCc2cccs2)nc(-n2ccnc2)n1. The highest BCUT2D eigenvalue weighted by Gasteiger charge is 2.09. The van der Waals surface area contributed by atoms with Crippen LogP contribution in [0.2, 0.25) is 0 Å². The van der Waals surface area contributed by atoms with Crippen molar-refractivity contribution in [3.05, 3.63) is 41.1 Å². The number of rotatable bonds is 6. The molecule has 108 valence electrons. The molecule has 0 saturated heterocycles. The fourth-order valence-corrected chi connectivity index (χ4v) is 2.29. The third-order valence-electron chi connectivity index (χ3n) is 2.60. The number of hydrogen-bond acceptors (Lipinski definition) is 7. The first-order valence-corrected chi connectivity index (χ1v) is 7.36. The molecule has 8 heteroatoms. The van der Waals surface area contributed by atoms with E-state index in [1.54, 1.807) is 34.6 Å². The number of imidazole rings is 1. The Hall–Kier alpha value is -2.48. The summed E-state index contributed by atoms with van der Waals surface area (Å²) in [4.78, 5) is 18.0. The fourth-order valence-electron chi connectivity index (χ4n) is 1.67. The fraction of sp³-hybridized carbons (Fsp3) is 0.231. The lowest BCUT2D eigenvalue weighted by atomic mass is 10.5. The smallest absolute Gasteiger partial charge is 0.323 e. The molecule has 0 fully saturated rings. The van der Waals surface area contributed by atoms with Crippen LogP contribution in [0.1, 0.15) is 11.8 Å². The average molecular weight is 302 g/mol. The lowest BCUT2D eigenvalue weighted by molar-refractivity contribution is 0.283. The van der Waals surface area contributed by atoms with Gasteiger partial charge in [-0.15, -0.1) is 11.3 Å². The first-order chi connectivity index (χ1) is 10.3. The molecule has 0 aromatic carbocycles. The Bertz CT molecular complexity index is 683. The summed E-state index contributed by atoms with van der Waals surface area (Å²) in [5, 5.41) is 5.08. The minimum absolute atomic E-state index is 0.290. The molecule has 0 aliphatic heterocycles. The maximum Gasteiger partial charge on any atom is 0.323 e. The second kappa shape index (κ2) is 6.31. The minimum atomic E-state index is 0.290. The van der Waals surface area contributed by atoms with Crippen molar-refractivity contribution < 1.29 is 4.74 Å². The number of ether oxygens (including phenoxy) is 1. The molecule has 3 rings (SSSR count). The lowest BCUT2D eigenvalue weighted by Gasteiger charge is -2.08. The van der Waals surface area contributed by atoms with Gasteiger partial charge in [0.2, 0.25) is 11.9 Å². The summed E-state index contributed by atoms with van der Waals surface area (Å²) in [6.45, 7) is 3.14. The second-order valence-electron chi connectivity index (χ2n) is 4.11. The van der Waals surface area contributed by atoms with E-state index in [1.807, 2.05) is 24.4 Å². The van der Waals surface area contributed by atoms with Crippen LogP contribution in [0, 0.1) is 0 Å². The molecule has 3 aromatic heterocycles. The molecule has 0 unspecified atom stereocenters. The Labute approximate surface area is 125 Å². The number of nitrogens with zero attached hydrogens (tertiary/aromatic N) is 5. The molecule has 0 saturated carbocycles. The Morgan fingerprint density at radius 2 is 2.29 bits per heavy atom. The van der Waals surface area contributed by atoms with Crippen molar-refractivity contribution in [2.24, 2.45) is 0 Å². The summed E-state index contributed by atoms with van der Waals surface area (Å²) in [6, 6.07) is 4.28. The van der Waals surface area contributed by atoms with Crippen LogP contribution >= 0.6 is 11.3 Å². The Kier molecular flexibility index (Phi) is 4.06. The zero-order valence-electron chi connectivity index (χ0n) is 11.4. The van der Waals surface area contributed by atoms with E-state index in [1.165, 1.54) is 0 Å². The minimum Gasteiger partial charge on any atom is -0.458 e. The number of anilines is 1. The van der Waals surface area contributed by atoms with Gasteiger partial charge in [0.1, 0.15) is 12.9 Å². The third-order valence-corrected chi connectivity index (χ3v) is 3.45. The third kappa shape index (κ3) is 3.34. The van der Waals surface area contributed by atoms with Gasteiger partial charge >= 0.3 is 6.01 Å². The van der Waals surface area contributed by atoms with Gasteiger partial charge in [-0.2, -0.15) is 15.0 Å². The summed E-state index contributed by atoms with van der Waals surface area (Å²) in [5.74, 6) is 0.956. The first-order valence-electron chi connectivity index (χ1n) is 6.48. The molecular formula is C13H14N6OS. The van der Waals surface area contributed by atoms with Gasteiger partial charge in [-0.25, -0.2) is 4.98 Å². The Morgan fingerprint density at radius 1 is 1.33 bits per heavy atom. The van der Waals surface area contributed by atoms with E-state index in [0.717, 1.165) is 11.4 Å². The molecule has 21 heavy (non-hydrogen) atoms. The average Bonchev–Trinajstić information content (AvgIpc) is 3.19. The lowest BCUT2D eigenvalue weighted by Crippen LogP contribution is -2.10. The van der Waals surface area contributed by atoms with Crippen LogP contribution in [0.4, 0.5) is 5.95 Å². The van der Waals surface area contributed by atoms with E-state index < -0.39 is 0 Å². The molecule has 1 N–H and O–H groups in total. The zero-order valence-corrected chi connectivity index (χ0v) is 12.2. The predicted octanol–water partition coefficient (Wildman–Crippen LogP) is 2.13. The van der Waals surface area contributed by atoms with Gasteiger partial charge in [0.05, 0.1) is 0 Å². The largest absolute Gasteiger partial charge is 0.458 e. The molecule has 0 spiro atoms. The maximum atomic E-state index is 5.65. The maximum absolute atomic E-state index is 5.65. The Balaban J connectivity index is 1.84. The molecular weight excluding hydrogens is 288 g/mol. The predicted molar refractivity (Wildman–Crippen MR) is 79.8 cm³/mol. The summed E-state index contributed by atoms with van der Waals surface area (Å²) in [5.41, 5.74) is 0. The van der Waals surface area contributed by atoms with Gasteiger partial charge in [0.25, 0.3) is 0 Å². The molecule has 3 heterocycles. The topological polar surface area (TPSA) is 77.8 Å². The molecule has 0 aliphatic rings. The van der Waals surface area contributed by atoms with Gasteiger partial charge in [-0.1, -0.05) is 6.07 Å². The van der Waals surface area contributed by atoms with Crippen molar-refractivity contribution in [3.63, 3.8) is 0 Å². The van der Waals surface area contributed by atoms with Crippen LogP contribution < -0.4 is 10.1 Å². The number of nitrogens with one attached hydrogen (secondary N) is 1. The Morgan fingerprint density at radius 3 is 3.00 bits per heavy atom. The number of aromatic nitrogens is 5. The highest BCUT2D eigenvalue weighted by molar-refractivity contribution is 7.09. The van der Waals surface area contributed by atoms with E-state index >= 15 is 0 Å². The van der Waals surface area contributed by atoms with Gasteiger partial charge in [-0.05, 0) is 18.4 Å². The van der Waals surface area contributed by atoms with Crippen LogP contribution in [-0.4, -0.2) is 31.0 Å².